The molecule has 0 bridgehead atoms. The highest BCUT2D eigenvalue weighted by atomic mass is 35.5. The summed E-state index contributed by atoms with van der Waals surface area (Å²) in [6, 6.07) is 7.30. The largest absolute Gasteiger partial charge is 0.362 e. The molecule has 0 spiro atoms. The standard InChI is InChI=1S/C15H19ClN2O3/c1-11(19)18-6-7-21-15(2,10-18)14(20)17-9-12-4-3-5-13(16)8-12/h3-5,8H,6-7,9-10H2,1-2H3,(H,17,20). The van der Waals surface area contributed by atoms with Crippen LogP contribution >= 0.6 is 11.6 Å². The molecule has 2 rings (SSSR count). The minimum Gasteiger partial charge on any atom is -0.362 e. The fraction of sp³-hybridized carbons (Fsp3) is 0.467. The Bertz CT molecular complexity index is 549. The number of ether oxygens (including phenoxy) is 1. The van der Waals surface area contributed by atoms with Gasteiger partial charge in [-0.25, -0.2) is 0 Å². The Morgan fingerprint density at radius 1 is 1.48 bits per heavy atom. The molecule has 1 aromatic carbocycles. The number of carbonyl (C=O) groups excluding carboxylic acids is 2. The molecule has 1 aliphatic heterocycles. The lowest BCUT2D eigenvalue weighted by Gasteiger charge is -2.38. The van der Waals surface area contributed by atoms with Crippen molar-refractivity contribution in [2.45, 2.75) is 26.0 Å². The lowest BCUT2D eigenvalue weighted by Crippen LogP contribution is -2.58. The van der Waals surface area contributed by atoms with Crippen molar-refractivity contribution in [3.8, 4) is 0 Å². The first-order valence-corrected chi connectivity index (χ1v) is 7.21. The normalized spacial score (nSPS) is 22.0. The van der Waals surface area contributed by atoms with E-state index in [9.17, 15) is 9.59 Å². The summed E-state index contributed by atoms with van der Waals surface area (Å²) in [6.45, 7) is 4.72. The van der Waals surface area contributed by atoms with Crippen molar-refractivity contribution in [3.63, 3.8) is 0 Å². The molecule has 114 valence electrons. The molecule has 2 amide bonds. The van der Waals surface area contributed by atoms with E-state index in [1.807, 2.05) is 12.1 Å². The van der Waals surface area contributed by atoms with Gasteiger partial charge in [0.2, 0.25) is 5.91 Å². The van der Waals surface area contributed by atoms with Gasteiger partial charge in [0.1, 0.15) is 0 Å². The number of nitrogens with zero attached hydrogens (tertiary/aromatic N) is 1. The number of hydrogen-bond donors (Lipinski definition) is 1. The van der Waals surface area contributed by atoms with Crippen molar-refractivity contribution in [1.29, 1.82) is 0 Å². The first kappa shape index (κ1) is 15.8. The number of hydrogen-bond acceptors (Lipinski definition) is 3. The van der Waals surface area contributed by atoms with Gasteiger partial charge < -0.3 is 15.0 Å². The van der Waals surface area contributed by atoms with Gasteiger partial charge in [-0.05, 0) is 24.6 Å². The first-order chi connectivity index (χ1) is 9.90. The zero-order valence-electron chi connectivity index (χ0n) is 12.2. The van der Waals surface area contributed by atoms with Crippen LogP contribution < -0.4 is 5.32 Å². The molecule has 1 aliphatic rings. The van der Waals surface area contributed by atoms with Crippen LogP contribution in [-0.2, 0) is 20.9 Å². The van der Waals surface area contributed by atoms with Gasteiger partial charge in [0, 0.05) is 25.0 Å². The highest BCUT2D eigenvalue weighted by Gasteiger charge is 2.39. The van der Waals surface area contributed by atoms with E-state index in [0.29, 0.717) is 24.7 Å². The fourth-order valence-corrected chi connectivity index (χ4v) is 2.51. The van der Waals surface area contributed by atoms with Gasteiger partial charge in [-0.3, -0.25) is 9.59 Å². The van der Waals surface area contributed by atoms with Crippen LogP contribution in [0.4, 0.5) is 0 Å². The van der Waals surface area contributed by atoms with E-state index in [2.05, 4.69) is 5.32 Å². The Morgan fingerprint density at radius 3 is 2.90 bits per heavy atom. The topological polar surface area (TPSA) is 58.6 Å². The van der Waals surface area contributed by atoms with E-state index in [-0.39, 0.29) is 18.4 Å². The van der Waals surface area contributed by atoms with Crippen LogP contribution in [-0.4, -0.2) is 42.0 Å². The highest BCUT2D eigenvalue weighted by Crippen LogP contribution is 2.18. The maximum atomic E-state index is 12.3. The third-order valence-electron chi connectivity index (χ3n) is 3.54. The average Bonchev–Trinajstić information content (AvgIpc) is 2.44. The van der Waals surface area contributed by atoms with Crippen LogP contribution in [0.5, 0.6) is 0 Å². The van der Waals surface area contributed by atoms with Crippen molar-refractivity contribution < 1.29 is 14.3 Å². The van der Waals surface area contributed by atoms with Gasteiger partial charge in [-0.1, -0.05) is 23.7 Å². The SMILES string of the molecule is CC(=O)N1CCOC(C)(C(=O)NCc2cccc(Cl)c2)C1. The highest BCUT2D eigenvalue weighted by molar-refractivity contribution is 6.30. The summed E-state index contributed by atoms with van der Waals surface area (Å²) in [5.41, 5.74) is -0.0960. The van der Waals surface area contributed by atoms with Gasteiger partial charge in [0.25, 0.3) is 5.91 Å². The van der Waals surface area contributed by atoms with Gasteiger partial charge in [0.15, 0.2) is 5.60 Å². The number of carbonyl (C=O) groups is 2. The summed E-state index contributed by atoms with van der Waals surface area (Å²) in [7, 11) is 0. The lowest BCUT2D eigenvalue weighted by atomic mass is 10.0. The first-order valence-electron chi connectivity index (χ1n) is 6.83. The molecule has 0 aromatic heterocycles. The van der Waals surface area contributed by atoms with E-state index < -0.39 is 5.60 Å². The fourth-order valence-electron chi connectivity index (χ4n) is 2.29. The van der Waals surface area contributed by atoms with E-state index in [4.69, 9.17) is 16.3 Å². The third-order valence-corrected chi connectivity index (χ3v) is 3.78. The van der Waals surface area contributed by atoms with Crippen LogP contribution in [0.1, 0.15) is 19.4 Å². The Morgan fingerprint density at radius 2 is 2.24 bits per heavy atom. The molecule has 1 aromatic rings. The second kappa shape index (κ2) is 6.45. The minimum absolute atomic E-state index is 0.0489. The summed E-state index contributed by atoms with van der Waals surface area (Å²) in [5, 5.41) is 3.46. The molecular weight excluding hydrogens is 292 g/mol. The Balaban J connectivity index is 1.97. The van der Waals surface area contributed by atoms with Gasteiger partial charge in [-0.2, -0.15) is 0 Å². The zero-order valence-corrected chi connectivity index (χ0v) is 12.9. The van der Waals surface area contributed by atoms with Crippen LogP contribution in [0.2, 0.25) is 5.02 Å². The van der Waals surface area contributed by atoms with Crippen LogP contribution in [0.3, 0.4) is 0 Å². The number of benzene rings is 1. The maximum absolute atomic E-state index is 12.3. The summed E-state index contributed by atoms with van der Waals surface area (Å²) >= 11 is 5.91. The molecule has 21 heavy (non-hydrogen) atoms. The number of nitrogens with one attached hydrogen (secondary N) is 1. The van der Waals surface area contributed by atoms with E-state index in [0.717, 1.165) is 5.56 Å². The number of rotatable bonds is 3. The van der Waals surface area contributed by atoms with Gasteiger partial charge in [0.05, 0.1) is 13.2 Å². The molecule has 6 heteroatoms. The van der Waals surface area contributed by atoms with Crippen molar-refractivity contribution in [2.24, 2.45) is 0 Å². The van der Waals surface area contributed by atoms with E-state index in [1.165, 1.54) is 6.92 Å². The molecule has 1 fully saturated rings. The van der Waals surface area contributed by atoms with E-state index >= 15 is 0 Å². The summed E-state index contributed by atoms with van der Waals surface area (Å²) in [6.07, 6.45) is 0. The molecule has 1 N–H and O–H groups in total. The minimum atomic E-state index is -1.01. The molecule has 1 atom stereocenters. The van der Waals surface area contributed by atoms with Crippen molar-refractivity contribution in [3.05, 3.63) is 34.9 Å². The van der Waals surface area contributed by atoms with Crippen LogP contribution in [0.15, 0.2) is 24.3 Å². The number of morpholine rings is 1. The molecule has 5 nitrogen and oxygen atoms in total. The molecule has 0 saturated carbocycles. The zero-order chi connectivity index (χ0) is 15.5. The molecule has 1 heterocycles. The van der Waals surface area contributed by atoms with Crippen molar-refractivity contribution in [1.82, 2.24) is 10.2 Å². The predicted octanol–water partition coefficient (Wildman–Crippen LogP) is 1.59. The molecule has 1 unspecified atom stereocenters. The number of halogens is 1. The van der Waals surface area contributed by atoms with Crippen LogP contribution in [0, 0.1) is 0 Å². The molecule has 0 aliphatic carbocycles. The third kappa shape index (κ3) is 3.95. The predicted molar refractivity (Wildman–Crippen MR) is 79.9 cm³/mol. The summed E-state index contributed by atoms with van der Waals surface area (Å²) in [5.74, 6) is -0.277. The quantitative estimate of drug-likeness (QED) is 0.922. The van der Waals surface area contributed by atoms with Gasteiger partial charge in [-0.15, -0.1) is 0 Å². The maximum Gasteiger partial charge on any atom is 0.254 e. The van der Waals surface area contributed by atoms with E-state index in [1.54, 1.807) is 24.0 Å². The Labute approximate surface area is 129 Å². The second-order valence-corrected chi connectivity index (χ2v) is 5.77. The van der Waals surface area contributed by atoms with Crippen molar-refractivity contribution >= 4 is 23.4 Å². The smallest absolute Gasteiger partial charge is 0.254 e. The summed E-state index contributed by atoms with van der Waals surface area (Å²) in [4.78, 5) is 25.4. The lowest BCUT2D eigenvalue weighted by molar-refractivity contribution is -0.162. The van der Waals surface area contributed by atoms with Gasteiger partial charge >= 0.3 is 0 Å². The summed E-state index contributed by atoms with van der Waals surface area (Å²) < 4.78 is 5.59. The average molecular weight is 311 g/mol. The van der Waals surface area contributed by atoms with Crippen molar-refractivity contribution in [2.75, 3.05) is 19.7 Å². The second-order valence-electron chi connectivity index (χ2n) is 5.33. The molecule has 1 saturated heterocycles. The monoisotopic (exact) mass is 310 g/mol. The number of amides is 2. The molecule has 0 radical (unpaired) electrons. The Kier molecular flexibility index (Phi) is 4.85. The molecular formula is C15H19ClN2O3. The van der Waals surface area contributed by atoms with Crippen LogP contribution in [0.25, 0.3) is 0 Å². The Hall–Kier alpha value is -1.59.